The fourth-order valence-corrected chi connectivity index (χ4v) is 4.97. The molecule has 184 valence electrons. The van der Waals surface area contributed by atoms with Crippen LogP contribution in [0.5, 0.6) is 0 Å². The molecule has 7 nitrogen and oxygen atoms in total. The van der Waals surface area contributed by atoms with E-state index in [0.717, 1.165) is 11.4 Å². The Labute approximate surface area is 210 Å². The Hall–Kier alpha value is -3.32. The zero-order chi connectivity index (χ0) is 24.8. The summed E-state index contributed by atoms with van der Waals surface area (Å²) in [5.74, 6) is -0.696. The van der Waals surface area contributed by atoms with Crippen molar-refractivity contribution in [1.82, 2.24) is 14.9 Å². The van der Waals surface area contributed by atoms with E-state index >= 15 is 0 Å². The number of hydrogen-bond donors (Lipinski definition) is 3. The van der Waals surface area contributed by atoms with E-state index < -0.39 is 5.97 Å². The van der Waals surface area contributed by atoms with Gasteiger partial charge in [-0.1, -0.05) is 30.9 Å². The van der Waals surface area contributed by atoms with E-state index in [2.05, 4.69) is 39.5 Å². The molecule has 2 aromatic heterocycles. The maximum atomic E-state index is 12.3. The Morgan fingerprint density at radius 3 is 2.57 bits per heavy atom. The lowest BCUT2D eigenvalue weighted by molar-refractivity contribution is -0.136. The highest BCUT2D eigenvalue weighted by atomic mass is 35.5. The third kappa shape index (κ3) is 6.42. The maximum Gasteiger partial charge on any atom is 0.305 e. The molecule has 0 spiro atoms. The second-order valence-electron chi connectivity index (χ2n) is 9.14. The van der Waals surface area contributed by atoms with Crippen molar-refractivity contribution in [1.29, 1.82) is 0 Å². The van der Waals surface area contributed by atoms with Gasteiger partial charge in [0.25, 0.3) is 5.91 Å². The summed E-state index contributed by atoms with van der Waals surface area (Å²) in [5.41, 5.74) is 4.88. The molecule has 1 atom stereocenters. The van der Waals surface area contributed by atoms with Crippen molar-refractivity contribution < 1.29 is 14.7 Å². The highest BCUT2D eigenvalue weighted by molar-refractivity contribution is 6.29. The number of aryl methyl sites for hydroxylation is 1. The van der Waals surface area contributed by atoms with Crippen molar-refractivity contribution in [2.24, 2.45) is 5.92 Å². The van der Waals surface area contributed by atoms with E-state index in [1.807, 2.05) is 24.3 Å². The minimum Gasteiger partial charge on any atom is -0.481 e. The van der Waals surface area contributed by atoms with Crippen molar-refractivity contribution in [2.45, 2.75) is 51.5 Å². The standard InChI is InChI=1S/C27H31ClN4O3/c1-18-16-32(22-11-13-29-24(28)15-22)17-23(18)26(19-5-3-2-4-6-19)31-21-9-7-20(8-10-21)27(35)30-14-12-25(33)34/h7-11,13,15-17,19,26,31H,2-6,12,14H2,1H3,(H,30,35)(H,33,34). The Balaban J connectivity index is 1.54. The second kappa shape index (κ2) is 11.4. The summed E-state index contributed by atoms with van der Waals surface area (Å²) in [6.45, 7) is 2.24. The monoisotopic (exact) mass is 494 g/mol. The maximum absolute atomic E-state index is 12.3. The molecule has 1 fully saturated rings. The summed E-state index contributed by atoms with van der Waals surface area (Å²) >= 11 is 6.12. The van der Waals surface area contributed by atoms with E-state index in [4.69, 9.17) is 16.7 Å². The number of carbonyl (C=O) groups excluding carboxylic acids is 1. The molecule has 8 heteroatoms. The third-order valence-corrected chi connectivity index (χ3v) is 6.83. The van der Waals surface area contributed by atoms with Crippen LogP contribution in [0.25, 0.3) is 5.69 Å². The highest BCUT2D eigenvalue weighted by Gasteiger charge is 2.27. The summed E-state index contributed by atoms with van der Waals surface area (Å²) in [7, 11) is 0. The Kier molecular flexibility index (Phi) is 8.08. The highest BCUT2D eigenvalue weighted by Crippen LogP contribution is 2.38. The quantitative estimate of drug-likeness (QED) is 0.328. The summed E-state index contributed by atoms with van der Waals surface area (Å²) in [6.07, 6.45) is 12.0. The Morgan fingerprint density at radius 2 is 1.89 bits per heavy atom. The number of aliphatic carboxylic acids is 1. The van der Waals surface area contributed by atoms with Crippen molar-refractivity contribution in [3.63, 3.8) is 0 Å². The van der Waals surface area contributed by atoms with Gasteiger partial charge in [-0.2, -0.15) is 0 Å². The lowest BCUT2D eigenvalue weighted by Gasteiger charge is -2.32. The van der Waals surface area contributed by atoms with Crippen LogP contribution in [0.3, 0.4) is 0 Å². The van der Waals surface area contributed by atoms with Crippen LogP contribution in [-0.4, -0.2) is 33.1 Å². The first-order valence-electron chi connectivity index (χ1n) is 12.1. The van der Waals surface area contributed by atoms with Gasteiger partial charge in [0.05, 0.1) is 12.5 Å². The van der Waals surface area contributed by atoms with Crippen LogP contribution in [0.15, 0.2) is 55.0 Å². The lowest BCUT2D eigenvalue weighted by Crippen LogP contribution is -2.26. The summed E-state index contributed by atoms with van der Waals surface area (Å²) in [5, 5.41) is 15.6. The van der Waals surface area contributed by atoms with E-state index in [9.17, 15) is 9.59 Å². The Bertz CT molecular complexity index is 1170. The topological polar surface area (TPSA) is 96.3 Å². The van der Waals surface area contributed by atoms with Gasteiger partial charge in [-0.25, -0.2) is 4.98 Å². The third-order valence-electron chi connectivity index (χ3n) is 6.62. The normalized spacial score (nSPS) is 14.9. The molecule has 0 bridgehead atoms. The molecule has 1 saturated carbocycles. The predicted molar refractivity (Wildman–Crippen MR) is 137 cm³/mol. The molecule has 2 heterocycles. The fourth-order valence-electron chi connectivity index (χ4n) is 4.80. The van der Waals surface area contributed by atoms with Crippen LogP contribution in [0, 0.1) is 12.8 Å². The zero-order valence-corrected chi connectivity index (χ0v) is 20.6. The average Bonchev–Trinajstić information content (AvgIpc) is 3.24. The van der Waals surface area contributed by atoms with Crippen molar-refractivity contribution in [3.05, 3.63) is 76.8 Å². The smallest absolute Gasteiger partial charge is 0.305 e. The van der Waals surface area contributed by atoms with Gasteiger partial charge in [-0.15, -0.1) is 0 Å². The van der Waals surface area contributed by atoms with Gasteiger partial charge in [-0.05, 0) is 73.2 Å². The number of carboxylic acid groups (broad SMARTS) is 1. The minimum atomic E-state index is -0.935. The molecule has 3 N–H and O–H groups in total. The SMILES string of the molecule is Cc1cn(-c2ccnc(Cl)c2)cc1C(Nc1ccc(C(=O)NCCC(=O)O)cc1)C1CCCCC1. The van der Waals surface area contributed by atoms with E-state index in [1.54, 1.807) is 18.3 Å². The number of halogens is 1. The van der Waals surface area contributed by atoms with Gasteiger partial charge in [0.15, 0.2) is 0 Å². The van der Waals surface area contributed by atoms with Crippen LogP contribution in [-0.2, 0) is 4.79 Å². The number of aromatic nitrogens is 2. The van der Waals surface area contributed by atoms with Crippen molar-refractivity contribution in [3.8, 4) is 5.69 Å². The molecule has 35 heavy (non-hydrogen) atoms. The molecule has 1 aliphatic rings. The molecular weight excluding hydrogens is 464 g/mol. The van der Waals surface area contributed by atoms with Crippen LogP contribution in [0.4, 0.5) is 5.69 Å². The number of carbonyl (C=O) groups is 2. The largest absolute Gasteiger partial charge is 0.481 e. The molecule has 3 aromatic rings. The number of amides is 1. The molecule has 0 saturated heterocycles. The number of carboxylic acids is 1. The van der Waals surface area contributed by atoms with Gasteiger partial charge in [0, 0.05) is 42.1 Å². The molecule has 0 aliphatic heterocycles. The van der Waals surface area contributed by atoms with Crippen molar-refractivity contribution >= 4 is 29.2 Å². The van der Waals surface area contributed by atoms with E-state index in [1.165, 1.54) is 43.2 Å². The second-order valence-corrected chi connectivity index (χ2v) is 9.52. The molecule has 4 rings (SSSR count). The van der Waals surface area contributed by atoms with Gasteiger partial charge in [-0.3, -0.25) is 9.59 Å². The molecule has 1 aliphatic carbocycles. The van der Waals surface area contributed by atoms with Crippen LogP contribution >= 0.6 is 11.6 Å². The molecule has 1 aromatic carbocycles. The first-order valence-corrected chi connectivity index (χ1v) is 12.5. The summed E-state index contributed by atoms with van der Waals surface area (Å²) in [4.78, 5) is 27.0. The average molecular weight is 495 g/mol. The summed E-state index contributed by atoms with van der Waals surface area (Å²) in [6, 6.07) is 11.3. The van der Waals surface area contributed by atoms with Crippen LogP contribution in [0.1, 0.15) is 66.1 Å². The number of rotatable bonds is 9. The molecule has 1 unspecified atom stereocenters. The number of nitrogens with one attached hydrogen (secondary N) is 2. The first kappa shape index (κ1) is 24.8. The molecule has 1 amide bonds. The number of hydrogen-bond acceptors (Lipinski definition) is 4. The fraction of sp³-hybridized carbons (Fsp3) is 0.370. The van der Waals surface area contributed by atoms with Gasteiger partial charge in [0.2, 0.25) is 0 Å². The predicted octanol–water partition coefficient (Wildman–Crippen LogP) is 5.77. The van der Waals surface area contributed by atoms with Gasteiger partial charge in [0.1, 0.15) is 5.15 Å². The van der Waals surface area contributed by atoms with Crippen molar-refractivity contribution in [2.75, 3.05) is 11.9 Å². The van der Waals surface area contributed by atoms with E-state index in [0.29, 0.717) is 16.6 Å². The van der Waals surface area contributed by atoms with Crippen LogP contribution < -0.4 is 10.6 Å². The summed E-state index contributed by atoms with van der Waals surface area (Å²) < 4.78 is 2.10. The molecular formula is C27H31ClN4O3. The number of nitrogens with zero attached hydrogens (tertiary/aromatic N) is 2. The number of pyridine rings is 1. The lowest BCUT2D eigenvalue weighted by atomic mass is 9.81. The molecule has 0 radical (unpaired) electrons. The zero-order valence-electron chi connectivity index (χ0n) is 19.8. The van der Waals surface area contributed by atoms with Crippen LogP contribution in [0.2, 0.25) is 5.15 Å². The van der Waals surface area contributed by atoms with E-state index in [-0.39, 0.29) is 24.9 Å². The van der Waals surface area contributed by atoms with Gasteiger partial charge < -0.3 is 20.3 Å². The Morgan fingerprint density at radius 1 is 1.14 bits per heavy atom. The van der Waals surface area contributed by atoms with Gasteiger partial charge >= 0.3 is 5.97 Å². The number of anilines is 1. The minimum absolute atomic E-state index is 0.0981. The first-order chi connectivity index (χ1) is 16.9. The number of benzene rings is 1.